The molecule has 3 rings (SSSR count). The van der Waals surface area contributed by atoms with E-state index >= 15 is 0 Å². The number of fused-ring (bicyclic) bond motifs is 1. The van der Waals surface area contributed by atoms with Crippen molar-refractivity contribution in [2.75, 3.05) is 0 Å². The van der Waals surface area contributed by atoms with Crippen LogP contribution in [0, 0.1) is 11.7 Å². The number of aromatic amines is 1. The fraction of sp³-hybridized carbons (Fsp3) is 0.364. The summed E-state index contributed by atoms with van der Waals surface area (Å²) < 4.78 is 13.7. The van der Waals surface area contributed by atoms with Gasteiger partial charge in [-0.2, -0.15) is 0 Å². The van der Waals surface area contributed by atoms with Gasteiger partial charge in [-0.25, -0.2) is 9.37 Å². The summed E-state index contributed by atoms with van der Waals surface area (Å²) in [5.41, 5.74) is 1.61. The quantitative estimate of drug-likeness (QED) is 0.842. The average molecular weight is 269 g/mol. The topological polar surface area (TPSA) is 28.7 Å². The van der Waals surface area contributed by atoms with Crippen molar-refractivity contribution >= 4 is 27.0 Å². The Morgan fingerprint density at radius 2 is 2.27 bits per heavy atom. The number of H-pyrrole nitrogens is 1. The molecule has 0 bridgehead atoms. The Labute approximate surface area is 95.0 Å². The maximum atomic E-state index is 13.3. The van der Waals surface area contributed by atoms with Gasteiger partial charge >= 0.3 is 0 Å². The van der Waals surface area contributed by atoms with Crippen molar-refractivity contribution in [2.24, 2.45) is 5.92 Å². The molecular formula is C11H10BrFN2. The number of aromatic nitrogens is 2. The van der Waals surface area contributed by atoms with Crippen molar-refractivity contribution in [2.45, 2.75) is 19.3 Å². The molecule has 1 saturated carbocycles. The minimum absolute atomic E-state index is 0.249. The molecule has 1 aromatic heterocycles. The largest absolute Gasteiger partial charge is 0.342 e. The Morgan fingerprint density at radius 3 is 2.93 bits per heavy atom. The van der Waals surface area contributed by atoms with E-state index in [9.17, 15) is 4.39 Å². The Hall–Kier alpha value is -0.900. The van der Waals surface area contributed by atoms with E-state index in [0.717, 1.165) is 16.9 Å². The fourth-order valence-electron chi connectivity index (χ4n) is 1.90. The minimum atomic E-state index is -0.249. The molecule has 1 heterocycles. The lowest BCUT2D eigenvalue weighted by Crippen LogP contribution is -1.82. The van der Waals surface area contributed by atoms with Gasteiger partial charge in [-0.3, -0.25) is 0 Å². The lowest BCUT2D eigenvalue weighted by molar-refractivity contribution is 0.623. The summed E-state index contributed by atoms with van der Waals surface area (Å²) in [6.45, 7) is 2.20. The second kappa shape index (κ2) is 3.04. The van der Waals surface area contributed by atoms with Gasteiger partial charge in [-0.1, -0.05) is 6.92 Å². The molecule has 78 valence electrons. The third kappa shape index (κ3) is 1.47. The lowest BCUT2D eigenvalue weighted by atomic mass is 10.3. The lowest BCUT2D eigenvalue weighted by Gasteiger charge is -1.92. The first kappa shape index (κ1) is 9.33. The monoisotopic (exact) mass is 268 g/mol. The third-order valence-electron chi connectivity index (χ3n) is 3.00. The maximum Gasteiger partial charge on any atom is 0.139 e. The van der Waals surface area contributed by atoms with Crippen LogP contribution in [0.5, 0.6) is 0 Å². The van der Waals surface area contributed by atoms with Crippen molar-refractivity contribution in [3.8, 4) is 0 Å². The normalized spacial score (nSPS) is 24.7. The van der Waals surface area contributed by atoms with Crippen LogP contribution in [0.25, 0.3) is 11.0 Å². The van der Waals surface area contributed by atoms with Crippen molar-refractivity contribution in [1.29, 1.82) is 0 Å². The highest BCUT2D eigenvalue weighted by Crippen LogP contribution is 2.46. The van der Waals surface area contributed by atoms with E-state index in [-0.39, 0.29) is 5.82 Å². The molecule has 2 aromatic rings. The first-order chi connectivity index (χ1) is 7.15. The molecule has 1 aliphatic carbocycles. The van der Waals surface area contributed by atoms with Crippen LogP contribution in [0.2, 0.25) is 0 Å². The third-order valence-corrected chi connectivity index (χ3v) is 3.61. The minimum Gasteiger partial charge on any atom is -0.342 e. The number of halogens is 2. The summed E-state index contributed by atoms with van der Waals surface area (Å²) in [4.78, 5) is 7.66. The highest BCUT2D eigenvalue weighted by molar-refractivity contribution is 9.10. The van der Waals surface area contributed by atoms with Crippen LogP contribution in [0.15, 0.2) is 16.6 Å². The van der Waals surface area contributed by atoms with Crippen molar-refractivity contribution in [1.82, 2.24) is 9.97 Å². The molecule has 0 amide bonds. The molecule has 15 heavy (non-hydrogen) atoms. The van der Waals surface area contributed by atoms with Gasteiger partial charge in [0.05, 0.1) is 15.5 Å². The summed E-state index contributed by atoms with van der Waals surface area (Å²) >= 11 is 3.16. The summed E-state index contributed by atoms with van der Waals surface area (Å²) in [5, 5.41) is 0. The van der Waals surface area contributed by atoms with E-state index in [2.05, 4.69) is 32.8 Å². The van der Waals surface area contributed by atoms with Crippen molar-refractivity contribution in [3.05, 3.63) is 28.2 Å². The molecule has 1 aromatic carbocycles. The molecule has 0 spiro atoms. The van der Waals surface area contributed by atoms with Crippen LogP contribution in [0.4, 0.5) is 4.39 Å². The molecule has 1 N–H and O–H groups in total. The molecule has 1 fully saturated rings. The summed E-state index contributed by atoms with van der Waals surface area (Å²) in [7, 11) is 0. The summed E-state index contributed by atoms with van der Waals surface area (Å²) in [5.74, 6) is 2.00. The van der Waals surface area contributed by atoms with Gasteiger partial charge in [-0.05, 0) is 34.3 Å². The van der Waals surface area contributed by atoms with E-state index in [1.54, 1.807) is 6.07 Å². The standard InChI is InChI=1S/C11H10BrFN2/c1-5-2-6(5)11-14-9-3-7(12)8(13)4-10(9)15-11/h3-6H,2H2,1H3,(H,14,15). The van der Waals surface area contributed by atoms with Crippen LogP contribution in [-0.2, 0) is 0 Å². The Kier molecular flexibility index (Phi) is 1.89. The fourth-order valence-corrected chi connectivity index (χ4v) is 2.23. The molecular weight excluding hydrogens is 259 g/mol. The molecule has 1 aliphatic rings. The molecule has 0 saturated heterocycles. The van der Waals surface area contributed by atoms with Crippen LogP contribution in [0.1, 0.15) is 25.1 Å². The van der Waals surface area contributed by atoms with Crippen molar-refractivity contribution in [3.63, 3.8) is 0 Å². The number of benzene rings is 1. The summed E-state index contributed by atoms with van der Waals surface area (Å²) in [6, 6.07) is 3.21. The van der Waals surface area contributed by atoms with Gasteiger partial charge in [0.25, 0.3) is 0 Å². The molecule has 2 nitrogen and oxygen atoms in total. The van der Waals surface area contributed by atoms with E-state index < -0.39 is 0 Å². The van der Waals surface area contributed by atoms with Crippen LogP contribution >= 0.6 is 15.9 Å². The highest BCUT2D eigenvalue weighted by Gasteiger charge is 2.36. The predicted molar refractivity (Wildman–Crippen MR) is 60.3 cm³/mol. The Bertz CT molecular complexity index is 496. The van der Waals surface area contributed by atoms with E-state index in [4.69, 9.17) is 0 Å². The number of hydrogen-bond donors (Lipinski definition) is 1. The SMILES string of the molecule is CC1CC1c1nc2cc(Br)c(F)cc2[nH]1. The molecule has 0 radical (unpaired) electrons. The van der Waals surface area contributed by atoms with Crippen LogP contribution in [0.3, 0.4) is 0 Å². The highest BCUT2D eigenvalue weighted by atomic mass is 79.9. The first-order valence-corrected chi connectivity index (χ1v) is 5.79. The van der Waals surface area contributed by atoms with Gasteiger partial charge < -0.3 is 4.98 Å². The number of nitrogens with zero attached hydrogens (tertiary/aromatic N) is 1. The van der Waals surface area contributed by atoms with Gasteiger partial charge in [0, 0.05) is 12.0 Å². The smallest absolute Gasteiger partial charge is 0.139 e. The Morgan fingerprint density at radius 1 is 1.53 bits per heavy atom. The molecule has 2 atom stereocenters. The van der Waals surface area contributed by atoms with Gasteiger partial charge in [0.1, 0.15) is 11.6 Å². The number of nitrogens with one attached hydrogen (secondary N) is 1. The molecule has 0 aliphatic heterocycles. The zero-order valence-corrected chi connectivity index (χ0v) is 9.81. The van der Waals surface area contributed by atoms with Crippen LogP contribution in [-0.4, -0.2) is 9.97 Å². The Balaban J connectivity index is 2.13. The average Bonchev–Trinajstić information content (AvgIpc) is 2.76. The first-order valence-electron chi connectivity index (χ1n) is 5.00. The number of rotatable bonds is 1. The van der Waals surface area contributed by atoms with Gasteiger partial charge in [0.2, 0.25) is 0 Å². The summed E-state index contributed by atoms with van der Waals surface area (Å²) in [6.07, 6.45) is 1.18. The second-order valence-electron chi connectivity index (χ2n) is 4.22. The molecule has 4 heteroatoms. The van der Waals surface area contributed by atoms with Crippen molar-refractivity contribution < 1.29 is 4.39 Å². The number of imidazole rings is 1. The van der Waals surface area contributed by atoms with E-state index in [0.29, 0.717) is 16.3 Å². The zero-order chi connectivity index (χ0) is 10.6. The zero-order valence-electron chi connectivity index (χ0n) is 8.22. The predicted octanol–water partition coefficient (Wildman–Crippen LogP) is 3.59. The molecule has 2 unspecified atom stereocenters. The van der Waals surface area contributed by atoms with Gasteiger partial charge in [-0.15, -0.1) is 0 Å². The van der Waals surface area contributed by atoms with E-state index in [1.807, 2.05) is 0 Å². The van der Waals surface area contributed by atoms with Gasteiger partial charge in [0.15, 0.2) is 0 Å². The number of hydrogen-bond acceptors (Lipinski definition) is 1. The second-order valence-corrected chi connectivity index (χ2v) is 5.08. The van der Waals surface area contributed by atoms with Crippen LogP contribution < -0.4 is 0 Å². The maximum absolute atomic E-state index is 13.3. The van der Waals surface area contributed by atoms with E-state index in [1.165, 1.54) is 12.5 Å².